The molecule has 0 unspecified atom stereocenters. The summed E-state index contributed by atoms with van der Waals surface area (Å²) in [7, 11) is 0. The Labute approximate surface area is 84.7 Å². The molecule has 1 heterocycles. The number of aromatic nitrogens is 1. The molecule has 0 atom stereocenters. The Kier molecular flexibility index (Phi) is 5.25. The van der Waals surface area contributed by atoms with Crippen molar-refractivity contribution in [3.05, 3.63) is 17.8 Å². The SMILES string of the molecule is CCOCCNCc1ncc(CC)o1. The number of aryl methyl sites for hydroxylation is 1. The second kappa shape index (κ2) is 6.56. The van der Waals surface area contributed by atoms with E-state index in [0.717, 1.165) is 37.8 Å². The number of nitrogens with one attached hydrogen (secondary N) is 1. The van der Waals surface area contributed by atoms with E-state index in [-0.39, 0.29) is 0 Å². The molecule has 0 spiro atoms. The van der Waals surface area contributed by atoms with Crippen LogP contribution in [0.2, 0.25) is 0 Å². The van der Waals surface area contributed by atoms with Gasteiger partial charge in [0.1, 0.15) is 5.76 Å². The normalized spacial score (nSPS) is 10.7. The predicted octanol–water partition coefficient (Wildman–Crippen LogP) is 1.36. The third kappa shape index (κ3) is 3.89. The van der Waals surface area contributed by atoms with E-state index in [1.807, 2.05) is 13.8 Å². The smallest absolute Gasteiger partial charge is 0.208 e. The van der Waals surface area contributed by atoms with Gasteiger partial charge in [0, 0.05) is 19.6 Å². The van der Waals surface area contributed by atoms with Gasteiger partial charge in [-0.25, -0.2) is 4.98 Å². The lowest BCUT2D eigenvalue weighted by Gasteiger charge is -2.01. The number of ether oxygens (including phenoxy) is 1. The van der Waals surface area contributed by atoms with Crippen molar-refractivity contribution in [1.29, 1.82) is 0 Å². The van der Waals surface area contributed by atoms with E-state index in [2.05, 4.69) is 10.3 Å². The van der Waals surface area contributed by atoms with E-state index < -0.39 is 0 Å². The van der Waals surface area contributed by atoms with E-state index in [1.165, 1.54) is 0 Å². The molecule has 80 valence electrons. The van der Waals surface area contributed by atoms with Crippen molar-refractivity contribution < 1.29 is 9.15 Å². The van der Waals surface area contributed by atoms with E-state index in [0.29, 0.717) is 6.54 Å². The van der Waals surface area contributed by atoms with Gasteiger partial charge in [0.25, 0.3) is 0 Å². The molecule has 0 aliphatic carbocycles. The Morgan fingerprint density at radius 1 is 1.50 bits per heavy atom. The fraction of sp³-hybridized carbons (Fsp3) is 0.700. The molecule has 14 heavy (non-hydrogen) atoms. The monoisotopic (exact) mass is 198 g/mol. The topological polar surface area (TPSA) is 47.3 Å². The molecule has 4 heteroatoms. The van der Waals surface area contributed by atoms with Gasteiger partial charge in [-0.2, -0.15) is 0 Å². The predicted molar refractivity (Wildman–Crippen MR) is 54.1 cm³/mol. The zero-order valence-corrected chi connectivity index (χ0v) is 8.88. The van der Waals surface area contributed by atoms with Crippen molar-refractivity contribution in [1.82, 2.24) is 10.3 Å². The van der Waals surface area contributed by atoms with Crippen molar-refractivity contribution in [2.24, 2.45) is 0 Å². The molecule has 0 amide bonds. The number of rotatable bonds is 7. The van der Waals surface area contributed by atoms with Crippen molar-refractivity contribution in [3.63, 3.8) is 0 Å². The molecule has 1 rings (SSSR count). The maximum Gasteiger partial charge on any atom is 0.208 e. The average Bonchev–Trinajstić information content (AvgIpc) is 2.65. The maximum atomic E-state index is 5.42. The van der Waals surface area contributed by atoms with Crippen molar-refractivity contribution in [2.45, 2.75) is 26.8 Å². The average molecular weight is 198 g/mol. The quantitative estimate of drug-likeness (QED) is 0.672. The van der Waals surface area contributed by atoms with Crippen LogP contribution >= 0.6 is 0 Å². The molecular formula is C10H18N2O2. The molecule has 1 N–H and O–H groups in total. The van der Waals surface area contributed by atoms with E-state index in [1.54, 1.807) is 6.20 Å². The largest absolute Gasteiger partial charge is 0.444 e. The summed E-state index contributed by atoms with van der Waals surface area (Å²) in [6.45, 7) is 7.04. The number of hydrogen-bond donors (Lipinski definition) is 1. The summed E-state index contributed by atoms with van der Waals surface area (Å²) in [5.74, 6) is 1.69. The summed E-state index contributed by atoms with van der Waals surface area (Å²) >= 11 is 0. The molecule has 0 aromatic carbocycles. The summed E-state index contributed by atoms with van der Waals surface area (Å²) in [5.41, 5.74) is 0. The Morgan fingerprint density at radius 3 is 3.00 bits per heavy atom. The molecule has 0 bridgehead atoms. The highest BCUT2D eigenvalue weighted by Gasteiger charge is 2.00. The third-order valence-electron chi connectivity index (χ3n) is 1.85. The summed E-state index contributed by atoms with van der Waals surface area (Å²) in [5, 5.41) is 3.19. The van der Waals surface area contributed by atoms with Crippen molar-refractivity contribution in [3.8, 4) is 0 Å². The highest BCUT2D eigenvalue weighted by molar-refractivity contribution is 4.93. The van der Waals surface area contributed by atoms with Gasteiger partial charge in [0.2, 0.25) is 5.89 Å². The first-order valence-electron chi connectivity index (χ1n) is 5.08. The van der Waals surface area contributed by atoms with Crippen LogP contribution in [0.25, 0.3) is 0 Å². The van der Waals surface area contributed by atoms with Gasteiger partial charge >= 0.3 is 0 Å². The minimum absolute atomic E-state index is 0.674. The van der Waals surface area contributed by atoms with E-state index in [4.69, 9.17) is 9.15 Å². The van der Waals surface area contributed by atoms with Crippen LogP contribution in [0.3, 0.4) is 0 Å². The van der Waals surface area contributed by atoms with Gasteiger partial charge in [-0.3, -0.25) is 0 Å². The zero-order chi connectivity index (χ0) is 10.2. The van der Waals surface area contributed by atoms with Crippen LogP contribution in [0, 0.1) is 0 Å². The van der Waals surface area contributed by atoms with Crippen LogP contribution in [0.15, 0.2) is 10.6 Å². The Morgan fingerprint density at radius 2 is 2.36 bits per heavy atom. The first-order chi connectivity index (χ1) is 6.86. The minimum Gasteiger partial charge on any atom is -0.444 e. The highest BCUT2D eigenvalue weighted by Crippen LogP contribution is 2.03. The number of oxazole rings is 1. The van der Waals surface area contributed by atoms with Gasteiger partial charge in [-0.15, -0.1) is 0 Å². The van der Waals surface area contributed by atoms with E-state index >= 15 is 0 Å². The van der Waals surface area contributed by atoms with Crippen LogP contribution in [0.1, 0.15) is 25.5 Å². The van der Waals surface area contributed by atoms with Gasteiger partial charge in [-0.1, -0.05) is 6.92 Å². The minimum atomic E-state index is 0.674. The first kappa shape index (κ1) is 11.2. The second-order valence-corrected chi connectivity index (χ2v) is 2.95. The van der Waals surface area contributed by atoms with Gasteiger partial charge in [0.15, 0.2) is 0 Å². The molecular weight excluding hydrogens is 180 g/mol. The molecule has 0 aliphatic rings. The lowest BCUT2D eigenvalue weighted by atomic mass is 10.4. The lowest BCUT2D eigenvalue weighted by Crippen LogP contribution is -2.19. The van der Waals surface area contributed by atoms with Crippen LogP contribution in [0.5, 0.6) is 0 Å². The number of nitrogens with zero attached hydrogens (tertiary/aromatic N) is 1. The Bertz CT molecular complexity index is 248. The van der Waals surface area contributed by atoms with Crippen molar-refractivity contribution in [2.75, 3.05) is 19.8 Å². The van der Waals surface area contributed by atoms with Crippen LogP contribution in [0.4, 0.5) is 0 Å². The van der Waals surface area contributed by atoms with Crippen LogP contribution in [-0.4, -0.2) is 24.7 Å². The van der Waals surface area contributed by atoms with Gasteiger partial charge in [0.05, 0.1) is 19.3 Å². The molecule has 0 radical (unpaired) electrons. The summed E-state index contributed by atoms with van der Waals surface area (Å²) in [6, 6.07) is 0. The summed E-state index contributed by atoms with van der Waals surface area (Å²) in [6.07, 6.45) is 2.67. The molecule has 4 nitrogen and oxygen atoms in total. The standard InChI is InChI=1S/C10H18N2O2/c1-3-9-7-12-10(14-9)8-11-5-6-13-4-2/h7,11H,3-6,8H2,1-2H3. The molecule has 1 aromatic heterocycles. The maximum absolute atomic E-state index is 5.42. The van der Waals surface area contributed by atoms with Gasteiger partial charge in [-0.05, 0) is 6.92 Å². The zero-order valence-electron chi connectivity index (χ0n) is 8.88. The molecule has 1 aromatic rings. The number of hydrogen-bond acceptors (Lipinski definition) is 4. The molecule has 0 aliphatic heterocycles. The molecule has 0 saturated heterocycles. The van der Waals surface area contributed by atoms with Crippen molar-refractivity contribution >= 4 is 0 Å². The van der Waals surface area contributed by atoms with Crippen LogP contribution in [-0.2, 0) is 17.7 Å². The van der Waals surface area contributed by atoms with E-state index in [9.17, 15) is 0 Å². The Hall–Kier alpha value is -0.870. The molecule has 0 fully saturated rings. The van der Waals surface area contributed by atoms with Gasteiger partial charge < -0.3 is 14.5 Å². The first-order valence-corrected chi connectivity index (χ1v) is 5.08. The third-order valence-corrected chi connectivity index (χ3v) is 1.85. The lowest BCUT2D eigenvalue weighted by molar-refractivity contribution is 0.148. The fourth-order valence-electron chi connectivity index (χ4n) is 1.08. The fourth-order valence-corrected chi connectivity index (χ4v) is 1.08. The summed E-state index contributed by atoms with van der Waals surface area (Å²) in [4.78, 5) is 4.13. The molecule has 0 saturated carbocycles. The Balaban J connectivity index is 2.12. The second-order valence-electron chi connectivity index (χ2n) is 2.95. The van der Waals surface area contributed by atoms with Crippen LogP contribution < -0.4 is 5.32 Å². The summed E-state index contributed by atoms with van der Waals surface area (Å²) < 4.78 is 10.6. The highest BCUT2D eigenvalue weighted by atomic mass is 16.5.